The van der Waals surface area contributed by atoms with E-state index in [1.165, 1.54) is 16.3 Å². The third-order valence-electron chi connectivity index (χ3n) is 6.96. The molecule has 7 nitrogen and oxygen atoms in total. The number of hydrogen-bond acceptors (Lipinski definition) is 5. The van der Waals surface area contributed by atoms with E-state index in [9.17, 15) is 4.79 Å². The van der Waals surface area contributed by atoms with Gasteiger partial charge in [-0.05, 0) is 47.4 Å². The van der Waals surface area contributed by atoms with Gasteiger partial charge >= 0.3 is 0 Å². The highest BCUT2D eigenvalue weighted by Gasteiger charge is 2.62. The Morgan fingerprint density at radius 2 is 2.06 bits per heavy atom. The van der Waals surface area contributed by atoms with Crippen molar-refractivity contribution in [2.24, 2.45) is 11.8 Å². The monoisotopic (exact) mass is 426 g/mol. The highest BCUT2D eigenvalue weighted by molar-refractivity contribution is 5.84. The van der Waals surface area contributed by atoms with Gasteiger partial charge in [0.25, 0.3) is 6.47 Å². The Morgan fingerprint density at radius 1 is 1.32 bits per heavy atom. The average Bonchev–Trinajstić information content (AvgIpc) is 3.40. The third kappa shape index (κ3) is 4.25. The van der Waals surface area contributed by atoms with Crippen LogP contribution < -0.4 is 10.1 Å². The van der Waals surface area contributed by atoms with Gasteiger partial charge in [-0.1, -0.05) is 18.2 Å². The molecule has 3 fully saturated rings. The van der Waals surface area contributed by atoms with Gasteiger partial charge in [0.1, 0.15) is 5.75 Å². The Morgan fingerprint density at radius 3 is 2.81 bits per heavy atom. The van der Waals surface area contributed by atoms with E-state index in [4.69, 9.17) is 19.4 Å². The van der Waals surface area contributed by atoms with Gasteiger partial charge in [-0.2, -0.15) is 0 Å². The van der Waals surface area contributed by atoms with Gasteiger partial charge in [-0.15, -0.1) is 0 Å². The number of amides is 1. The number of nitrogens with one attached hydrogen (secondary N) is 1. The minimum Gasteiger partial charge on any atom is -0.497 e. The van der Waals surface area contributed by atoms with E-state index in [1.54, 1.807) is 14.0 Å². The Bertz CT molecular complexity index is 964. The first-order chi connectivity index (χ1) is 15.0. The van der Waals surface area contributed by atoms with E-state index in [2.05, 4.69) is 40.5 Å². The third-order valence-corrected chi connectivity index (χ3v) is 6.96. The summed E-state index contributed by atoms with van der Waals surface area (Å²) in [6.07, 6.45) is 2.62. The first-order valence-corrected chi connectivity index (χ1v) is 10.8. The quantitative estimate of drug-likeness (QED) is 0.715. The Balaban J connectivity index is 0.000000730. The zero-order valence-corrected chi connectivity index (χ0v) is 18.0. The predicted molar refractivity (Wildman–Crippen MR) is 117 cm³/mol. The summed E-state index contributed by atoms with van der Waals surface area (Å²) >= 11 is 0. The minimum absolute atomic E-state index is 0.0119. The molecule has 1 spiro atoms. The molecule has 3 aliphatic rings. The van der Waals surface area contributed by atoms with E-state index in [0.29, 0.717) is 17.9 Å². The second kappa shape index (κ2) is 8.85. The van der Waals surface area contributed by atoms with Crippen molar-refractivity contribution in [3.8, 4) is 5.75 Å². The Hall–Kier alpha value is -2.64. The SMILES string of the molecule is COc1ccc2cc(CN3C[C@@H]4[C@H](CNC(C)=O)[C@H]5CC[C@]4(C3)O5)ccc2c1.O=CO. The maximum Gasteiger partial charge on any atom is 0.290 e. The van der Waals surface area contributed by atoms with Crippen molar-refractivity contribution in [3.63, 3.8) is 0 Å². The summed E-state index contributed by atoms with van der Waals surface area (Å²) in [6.45, 7) is 5.10. The molecule has 0 aromatic heterocycles. The molecule has 2 N–H and O–H groups in total. The number of methoxy groups -OCH3 is 1. The molecule has 4 atom stereocenters. The van der Waals surface area contributed by atoms with Gasteiger partial charge in [0.2, 0.25) is 5.91 Å². The molecule has 2 aromatic rings. The normalized spacial score (nSPS) is 28.6. The van der Waals surface area contributed by atoms with Crippen LogP contribution in [-0.2, 0) is 20.9 Å². The summed E-state index contributed by atoms with van der Waals surface area (Å²) in [5.41, 5.74) is 1.35. The van der Waals surface area contributed by atoms with E-state index in [0.717, 1.165) is 44.8 Å². The van der Waals surface area contributed by atoms with Gasteiger partial charge in [0.15, 0.2) is 0 Å². The summed E-state index contributed by atoms with van der Waals surface area (Å²) in [5.74, 6) is 1.93. The van der Waals surface area contributed by atoms with Crippen LogP contribution >= 0.6 is 0 Å². The average molecular weight is 427 g/mol. The van der Waals surface area contributed by atoms with E-state index in [1.807, 2.05) is 6.07 Å². The number of benzene rings is 2. The lowest BCUT2D eigenvalue weighted by Gasteiger charge is -2.29. The molecule has 0 saturated carbocycles. The molecule has 3 saturated heterocycles. The number of fused-ring (bicyclic) bond motifs is 2. The topological polar surface area (TPSA) is 88.1 Å². The van der Waals surface area contributed by atoms with Gasteiger partial charge < -0.3 is 19.9 Å². The number of nitrogens with zero attached hydrogens (tertiary/aromatic N) is 1. The number of carboxylic acid groups (broad SMARTS) is 1. The molecule has 2 bridgehead atoms. The molecule has 7 heteroatoms. The first kappa shape index (κ1) is 21.6. The molecular weight excluding hydrogens is 396 g/mol. The summed E-state index contributed by atoms with van der Waals surface area (Å²) in [4.78, 5) is 22.3. The molecule has 0 aliphatic carbocycles. The standard InChI is InChI=1S/C23H28N2O3.CH2O2/c1-15(26)24-11-20-21-13-25(14-23(21)8-7-22(20)28-23)12-16-3-4-18-10-19(27-2)6-5-17(18)9-16;2-1-3/h3-6,9-10,20-22H,7-8,11-14H2,1-2H3,(H,24,26);1H,(H,2,3)/t20-,21+,22+,23+;/m0./s1. The van der Waals surface area contributed by atoms with Crippen molar-refractivity contribution >= 4 is 23.2 Å². The van der Waals surface area contributed by atoms with Gasteiger partial charge in [-0.25, -0.2) is 0 Å². The maximum atomic E-state index is 11.4. The Kier molecular flexibility index (Phi) is 6.16. The second-order valence-electron chi connectivity index (χ2n) is 8.79. The van der Waals surface area contributed by atoms with Crippen molar-refractivity contribution in [3.05, 3.63) is 42.0 Å². The number of carbonyl (C=O) groups excluding carboxylic acids is 1. The highest BCUT2D eigenvalue weighted by atomic mass is 16.5. The van der Waals surface area contributed by atoms with Crippen LogP contribution in [-0.4, -0.2) is 60.8 Å². The summed E-state index contributed by atoms with van der Waals surface area (Å²) in [7, 11) is 1.70. The number of carbonyl (C=O) groups is 2. The predicted octanol–water partition coefficient (Wildman–Crippen LogP) is 2.66. The van der Waals surface area contributed by atoms with Crippen LogP contribution in [0.4, 0.5) is 0 Å². The molecule has 1 amide bonds. The number of ether oxygens (including phenoxy) is 2. The molecule has 0 unspecified atom stereocenters. The van der Waals surface area contributed by atoms with Gasteiger partial charge in [-0.3, -0.25) is 14.5 Å². The smallest absolute Gasteiger partial charge is 0.290 e. The van der Waals surface area contributed by atoms with E-state index >= 15 is 0 Å². The van der Waals surface area contributed by atoms with E-state index in [-0.39, 0.29) is 18.0 Å². The van der Waals surface area contributed by atoms with Crippen LogP contribution in [0, 0.1) is 11.8 Å². The maximum absolute atomic E-state index is 11.4. The van der Waals surface area contributed by atoms with Crippen LogP contribution in [0.25, 0.3) is 10.8 Å². The van der Waals surface area contributed by atoms with Crippen LogP contribution in [0.3, 0.4) is 0 Å². The number of rotatable bonds is 5. The molecule has 2 aromatic carbocycles. The number of hydrogen-bond donors (Lipinski definition) is 2. The summed E-state index contributed by atoms with van der Waals surface area (Å²) in [5, 5.41) is 12.4. The zero-order valence-electron chi connectivity index (χ0n) is 18.0. The van der Waals surface area contributed by atoms with Crippen molar-refractivity contribution in [2.45, 2.75) is 38.0 Å². The fraction of sp³-hybridized carbons (Fsp3) is 0.500. The largest absolute Gasteiger partial charge is 0.497 e. The first-order valence-electron chi connectivity index (χ1n) is 10.8. The van der Waals surface area contributed by atoms with Crippen molar-refractivity contribution in [2.75, 3.05) is 26.7 Å². The lowest BCUT2D eigenvalue weighted by atomic mass is 9.73. The summed E-state index contributed by atoms with van der Waals surface area (Å²) in [6, 6.07) is 12.9. The molecule has 31 heavy (non-hydrogen) atoms. The molecule has 166 valence electrons. The van der Waals surface area contributed by atoms with Gasteiger partial charge in [0.05, 0.1) is 18.8 Å². The minimum atomic E-state index is -0.250. The fourth-order valence-electron chi connectivity index (χ4n) is 5.70. The van der Waals surface area contributed by atoms with Gasteiger partial charge in [0, 0.05) is 44.9 Å². The van der Waals surface area contributed by atoms with Crippen LogP contribution in [0.1, 0.15) is 25.3 Å². The fourth-order valence-corrected chi connectivity index (χ4v) is 5.70. The van der Waals surface area contributed by atoms with Crippen LogP contribution in [0.5, 0.6) is 5.75 Å². The Labute approximate surface area is 182 Å². The summed E-state index contributed by atoms with van der Waals surface area (Å²) < 4.78 is 11.8. The van der Waals surface area contributed by atoms with E-state index < -0.39 is 0 Å². The highest BCUT2D eigenvalue weighted by Crippen LogP contribution is 2.54. The molecule has 3 heterocycles. The molecule has 3 aliphatic heterocycles. The lowest BCUT2D eigenvalue weighted by Crippen LogP contribution is -2.41. The molecular formula is C24H30N2O5. The van der Waals surface area contributed by atoms with Crippen LogP contribution in [0.2, 0.25) is 0 Å². The lowest BCUT2D eigenvalue weighted by molar-refractivity contribution is -0.123. The van der Waals surface area contributed by atoms with Crippen molar-refractivity contribution in [1.29, 1.82) is 0 Å². The second-order valence-corrected chi connectivity index (χ2v) is 8.79. The molecule has 5 rings (SSSR count). The van der Waals surface area contributed by atoms with Crippen LogP contribution in [0.15, 0.2) is 36.4 Å². The molecule has 0 radical (unpaired) electrons. The van der Waals surface area contributed by atoms with Crippen molar-refractivity contribution in [1.82, 2.24) is 10.2 Å². The zero-order chi connectivity index (χ0) is 22.0. The van der Waals surface area contributed by atoms with Crippen molar-refractivity contribution < 1.29 is 24.2 Å². The number of likely N-dealkylation sites (tertiary alicyclic amines) is 1.